The van der Waals surface area contributed by atoms with Crippen LogP contribution in [0.2, 0.25) is 0 Å². The van der Waals surface area contributed by atoms with Gasteiger partial charge in [-0.15, -0.1) is 0 Å². The SMILES string of the molecule is C[C@@H](NC(=O)CCn1[nH]c(=O)c2ccccc2c1=O)c1ccccc1. The van der Waals surface area contributed by atoms with Crippen LogP contribution in [-0.2, 0) is 11.3 Å². The number of hydrogen-bond donors (Lipinski definition) is 2. The first-order valence-corrected chi connectivity index (χ1v) is 8.12. The third kappa shape index (κ3) is 3.68. The van der Waals surface area contributed by atoms with E-state index in [1.54, 1.807) is 24.3 Å². The van der Waals surface area contributed by atoms with E-state index in [0.29, 0.717) is 10.8 Å². The molecule has 2 N–H and O–H groups in total. The molecule has 6 nitrogen and oxygen atoms in total. The lowest BCUT2D eigenvalue weighted by Gasteiger charge is -2.14. The molecule has 0 saturated heterocycles. The van der Waals surface area contributed by atoms with E-state index >= 15 is 0 Å². The Balaban J connectivity index is 1.70. The van der Waals surface area contributed by atoms with Gasteiger partial charge in [-0.2, -0.15) is 0 Å². The van der Waals surface area contributed by atoms with E-state index < -0.39 is 0 Å². The summed E-state index contributed by atoms with van der Waals surface area (Å²) in [5.74, 6) is -0.183. The van der Waals surface area contributed by atoms with E-state index in [-0.39, 0.29) is 36.0 Å². The Morgan fingerprint density at radius 1 is 1.04 bits per heavy atom. The van der Waals surface area contributed by atoms with Gasteiger partial charge in [-0.3, -0.25) is 19.5 Å². The van der Waals surface area contributed by atoms with Crippen molar-refractivity contribution in [2.24, 2.45) is 0 Å². The minimum absolute atomic E-state index is 0.103. The summed E-state index contributed by atoms with van der Waals surface area (Å²) in [6.45, 7) is 2.02. The minimum Gasteiger partial charge on any atom is -0.350 e. The Bertz CT molecular complexity index is 1010. The van der Waals surface area contributed by atoms with Crippen LogP contribution >= 0.6 is 0 Å². The van der Waals surface area contributed by atoms with Crippen molar-refractivity contribution >= 4 is 16.7 Å². The molecule has 0 fully saturated rings. The summed E-state index contributed by atoms with van der Waals surface area (Å²) in [5, 5.41) is 6.12. The highest BCUT2D eigenvalue weighted by molar-refractivity contribution is 5.80. The summed E-state index contributed by atoms with van der Waals surface area (Å²) < 4.78 is 1.19. The van der Waals surface area contributed by atoms with Crippen molar-refractivity contribution in [3.8, 4) is 0 Å². The first-order valence-electron chi connectivity index (χ1n) is 8.12. The quantitative estimate of drug-likeness (QED) is 0.746. The van der Waals surface area contributed by atoms with Crippen LogP contribution in [0, 0.1) is 0 Å². The van der Waals surface area contributed by atoms with Crippen LogP contribution in [0.25, 0.3) is 10.8 Å². The fraction of sp³-hybridized carbons (Fsp3) is 0.211. The number of fused-ring (bicyclic) bond motifs is 1. The molecule has 0 unspecified atom stereocenters. The second-order valence-electron chi connectivity index (χ2n) is 5.89. The van der Waals surface area contributed by atoms with E-state index in [0.717, 1.165) is 5.56 Å². The highest BCUT2D eigenvalue weighted by atomic mass is 16.2. The van der Waals surface area contributed by atoms with Gasteiger partial charge in [-0.05, 0) is 24.6 Å². The second kappa shape index (κ2) is 7.17. The number of aromatic amines is 1. The summed E-state index contributed by atoms with van der Waals surface area (Å²) in [7, 11) is 0. The lowest BCUT2D eigenvalue weighted by Crippen LogP contribution is -2.33. The number of nitrogens with zero attached hydrogens (tertiary/aromatic N) is 1. The summed E-state index contributed by atoms with van der Waals surface area (Å²) >= 11 is 0. The van der Waals surface area contributed by atoms with Crippen LogP contribution in [-0.4, -0.2) is 15.7 Å². The molecular weight excluding hydrogens is 318 g/mol. The lowest BCUT2D eigenvalue weighted by molar-refractivity contribution is -0.122. The molecule has 25 heavy (non-hydrogen) atoms. The van der Waals surface area contributed by atoms with Crippen LogP contribution < -0.4 is 16.4 Å². The lowest BCUT2D eigenvalue weighted by atomic mass is 10.1. The number of aryl methyl sites for hydroxylation is 1. The molecule has 0 aliphatic carbocycles. The van der Waals surface area contributed by atoms with Crippen molar-refractivity contribution < 1.29 is 4.79 Å². The number of aromatic nitrogens is 2. The number of benzene rings is 2. The van der Waals surface area contributed by atoms with Crippen LogP contribution in [0.4, 0.5) is 0 Å². The Morgan fingerprint density at radius 3 is 2.40 bits per heavy atom. The maximum atomic E-state index is 12.4. The Hall–Kier alpha value is -3.15. The molecular formula is C19H19N3O3. The van der Waals surface area contributed by atoms with Gasteiger partial charge < -0.3 is 5.32 Å². The highest BCUT2D eigenvalue weighted by Crippen LogP contribution is 2.11. The van der Waals surface area contributed by atoms with Gasteiger partial charge in [-0.1, -0.05) is 42.5 Å². The zero-order valence-corrected chi connectivity index (χ0v) is 13.9. The predicted molar refractivity (Wildman–Crippen MR) is 96.4 cm³/mol. The standard InChI is InChI=1S/C19H19N3O3/c1-13(14-7-3-2-4-8-14)20-17(23)11-12-22-19(25)16-10-6-5-9-15(16)18(24)21-22/h2-10,13H,11-12H2,1H3,(H,20,23)(H,21,24)/t13-/m1/s1. The van der Waals surface area contributed by atoms with Gasteiger partial charge in [-0.25, -0.2) is 4.68 Å². The van der Waals surface area contributed by atoms with Gasteiger partial charge in [0.15, 0.2) is 0 Å². The molecule has 6 heteroatoms. The van der Waals surface area contributed by atoms with Crippen molar-refractivity contribution in [2.75, 3.05) is 0 Å². The van der Waals surface area contributed by atoms with Crippen LogP contribution in [0.5, 0.6) is 0 Å². The van der Waals surface area contributed by atoms with Crippen molar-refractivity contribution in [1.82, 2.24) is 15.1 Å². The molecule has 1 amide bonds. The maximum Gasteiger partial charge on any atom is 0.273 e. The van der Waals surface area contributed by atoms with Crippen molar-refractivity contribution in [1.29, 1.82) is 0 Å². The molecule has 3 aromatic rings. The molecule has 0 bridgehead atoms. The van der Waals surface area contributed by atoms with E-state index in [2.05, 4.69) is 10.4 Å². The topological polar surface area (TPSA) is 84.0 Å². The van der Waals surface area contributed by atoms with Crippen molar-refractivity contribution in [3.05, 3.63) is 80.9 Å². The normalized spacial score (nSPS) is 12.0. The first-order chi connectivity index (χ1) is 12.1. The highest BCUT2D eigenvalue weighted by Gasteiger charge is 2.11. The van der Waals surface area contributed by atoms with Crippen molar-refractivity contribution in [3.63, 3.8) is 0 Å². The average molecular weight is 337 g/mol. The van der Waals surface area contributed by atoms with E-state index in [9.17, 15) is 14.4 Å². The minimum atomic E-state index is -0.340. The van der Waals surface area contributed by atoms with Gasteiger partial charge in [0.2, 0.25) is 5.91 Å². The summed E-state index contributed by atoms with van der Waals surface area (Å²) in [4.78, 5) is 36.6. The van der Waals surface area contributed by atoms with E-state index in [1.807, 2.05) is 37.3 Å². The Morgan fingerprint density at radius 2 is 1.68 bits per heavy atom. The average Bonchev–Trinajstić information content (AvgIpc) is 2.64. The van der Waals surface area contributed by atoms with Crippen LogP contribution in [0.1, 0.15) is 24.9 Å². The molecule has 0 saturated carbocycles. The van der Waals surface area contributed by atoms with Gasteiger partial charge in [0, 0.05) is 6.42 Å². The molecule has 2 aromatic carbocycles. The molecule has 3 rings (SSSR count). The number of carbonyl (C=O) groups is 1. The number of rotatable bonds is 5. The van der Waals surface area contributed by atoms with Crippen LogP contribution in [0.3, 0.4) is 0 Å². The smallest absolute Gasteiger partial charge is 0.273 e. The molecule has 0 spiro atoms. The molecule has 1 heterocycles. The van der Waals surface area contributed by atoms with Crippen LogP contribution in [0.15, 0.2) is 64.2 Å². The molecule has 1 atom stereocenters. The number of H-pyrrole nitrogens is 1. The third-order valence-electron chi connectivity index (χ3n) is 4.12. The second-order valence-corrected chi connectivity index (χ2v) is 5.89. The van der Waals surface area contributed by atoms with Gasteiger partial charge >= 0.3 is 0 Å². The van der Waals surface area contributed by atoms with E-state index in [4.69, 9.17) is 0 Å². The maximum absolute atomic E-state index is 12.4. The predicted octanol–water partition coefficient (Wildman–Crippen LogP) is 1.96. The number of hydrogen-bond acceptors (Lipinski definition) is 3. The molecule has 1 aromatic heterocycles. The molecule has 0 radical (unpaired) electrons. The zero-order chi connectivity index (χ0) is 17.8. The first kappa shape index (κ1) is 16.7. The number of carbonyl (C=O) groups excluding carboxylic acids is 1. The number of amides is 1. The Kier molecular flexibility index (Phi) is 4.79. The Labute approximate surface area is 144 Å². The number of nitrogens with one attached hydrogen (secondary N) is 2. The summed E-state index contributed by atoms with van der Waals surface area (Å²) in [5.41, 5.74) is 0.361. The molecule has 128 valence electrons. The third-order valence-corrected chi connectivity index (χ3v) is 4.12. The van der Waals surface area contributed by atoms with Crippen molar-refractivity contribution in [2.45, 2.75) is 25.9 Å². The van der Waals surface area contributed by atoms with Gasteiger partial charge in [0.05, 0.1) is 23.4 Å². The molecule has 0 aliphatic heterocycles. The fourth-order valence-corrected chi connectivity index (χ4v) is 2.76. The fourth-order valence-electron chi connectivity index (χ4n) is 2.76. The largest absolute Gasteiger partial charge is 0.350 e. The monoisotopic (exact) mass is 337 g/mol. The zero-order valence-electron chi connectivity index (χ0n) is 13.9. The van der Waals surface area contributed by atoms with Gasteiger partial charge in [0.25, 0.3) is 11.1 Å². The van der Waals surface area contributed by atoms with E-state index in [1.165, 1.54) is 4.68 Å². The molecule has 0 aliphatic rings. The summed E-state index contributed by atoms with van der Waals surface area (Å²) in [6, 6.07) is 16.1. The summed E-state index contributed by atoms with van der Waals surface area (Å²) in [6.07, 6.45) is 0.103. The van der Waals surface area contributed by atoms with Gasteiger partial charge in [0.1, 0.15) is 0 Å².